The third-order valence-corrected chi connectivity index (χ3v) is 6.41. The van der Waals surface area contributed by atoms with Crippen molar-refractivity contribution in [1.82, 2.24) is 16.0 Å². The number of nitrogens with one attached hydrogen (secondary N) is 3. The van der Waals surface area contributed by atoms with E-state index in [9.17, 15) is 27.9 Å². The van der Waals surface area contributed by atoms with Crippen LogP contribution in [0.2, 0.25) is 0 Å². The molecule has 0 bridgehead atoms. The predicted molar refractivity (Wildman–Crippen MR) is 133 cm³/mol. The molecule has 2 amide bonds. The number of anilines is 1. The minimum Gasteiger partial charge on any atom is -0.398 e. The summed E-state index contributed by atoms with van der Waals surface area (Å²) in [5.41, 5.74) is 6.32. The van der Waals surface area contributed by atoms with E-state index >= 15 is 0 Å². The average Bonchev–Trinajstić information content (AvgIpc) is 2.82. The lowest BCUT2D eigenvalue weighted by Crippen LogP contribution is -2.58. The first-order valence-electron chi connectivity index (χ1n) is 11.8. The largest absolute Gasteiger partial charge is 0.416 e. The topological polar surface area (TPSA) is 116 Å². The van der Waals surface area contributed by atoms with Gasteiger partial charge in [-0.25, -0.2) is 0 Å². The van der Waals surface area contributed by atoms with E-state index in [0.29, 0.717) is 25.5 Å². The number of hydrogen-bond acceptors (Lipinski definition) is 5. The van der Waals surface area contributed by atoms with Gasteiger partial charge >= 0.3 is 6.18 Å². The van der Waals surface area contributed by atoms with Crippen LogP contribution < -0.4 is 21.7 Å². The fraction of sp³-hybridized carbons (Fsp3) is 0.462. The highest BCUT2D eigenvalue weighted by Gasteiger charge is 2.34. The van der Waals surface area contributed by atoms with Crippen molar-refractivity contribution in [2.75, 3.05) is 18.8 Å². The monoisotopic (exact) mass is 508 g/mol. The molecule has 0 radical (unpaired) electrons. The Balaban J connectivity index is 2.04. The van der Waals surface area contributed by atoms with Crippen molar-refractivity contribution < 1.29 is 27.9 Å². The molecular weight excluding hydrogens is 473 g/mol. The highest BCUT2D eigenvalue weighted by atomic mass is 19.4. The molecule has 0 saturated carbocycles. The van der Waals surface area contributed by atoms with E-state index < -0.39 is 41.7 Å². The molecule has 0 saturated heterocycles. The minimum atomic E-state index is -4.64. The van der Waals surface area contributed by atoms with Gasteiger partial charge in [-0.3, -0.25) is 9.59 Å². The van der Waals surface area contributed by atoms with Crippen LogP contribution in [0, 0.1) is 13.8 Å². The number of carbonyl (C=O) groups excluding carboxylic acids is 2. The summed E-state index contributed by atoms with van der Waals surface area (Å²) in [6.45, 7) is 7.96. The molecule has 198 valence electrons. The first kappa shape index (κ1) is 29.1. The van der Waals surface area contributed by atoms with Crippen molar-refractivity contribution in [1.29, 1.82) is 0 Å². The summed E-state index contributed by atoms with van der Waals surface area (Å²) in [5.74, 6) is -1.49. The molecule has 0 heterocycles. The van der Waals surface area contributed by atoms with E-state index in [4.69, 9.17) is 5.73 Å². The van der Waals surface area contributed by atoms with Crippen LogP contribution in [0.5, 0.6) is 0 Å². The van der Waals surface area contributed by atoms with Crippen molar-refractivity contribution in [3.05, 3.63) is 64.2 Å². The second-order valence-corrected chi connectivity index (χ2v) is 8.97. The van der Waals surface area contributed by atoms with Crippen molar-refractivity contribution >= 4 is 17.5 Å². The molecule has 36 heavy (non-hydrogen) atoms. The van der Waals surface area contributed by atoms with Gasteiger partial charge in [-0.1, -0.05) is 37.6 Å². The lowest BCUT2D eigenvalue weighted by atomic mass is 9.88. The highest BCUT2D eigenvalue weighted by Crippen LogP contribution is 2.31. The van der Waals surface area contributed by atoms with Crippen molar-refractivity contribution in [2.24, 2.45) is 0 Å². The van der Waals surface area contributed by atoms with E-state index in [1.807, 2.05) is 39.8 Å². The van der Waals surface area contributed by atoms with E-state index in [-0.39, 0.29) is 17.8 Å². The summed E-state index contributed by atoms with van der Waals surface area (Å²) in [5, 5.41) is 19.4. The molecule has 10 heteroatoms. The Morgan fingerprint density at radius 3 is 2.31 bits per heavy atom. The normalized spacial score (nSPS) is 12.8. The molecule has 2 aromatic carbocycles. The molecule has 6 N–H and O–H groups in total. The molecule has 0 aliphatic rings. The van der Waals surface area contributed by atoms with Gasteiger partial charge in [0, 0.05) is 18.8 Å². The van der Waals surface area contributed by atoms with Crippen molar-refractivity contribution in [2.45, 2.75) is 64.9 Å². The lowest BCUT2D eigenvalue weighted by Gasteiger charge is -2.35. The fourth-order valence-corrected chi connectivity index (χ4v) is 3.94. The summed E-state index contributed by atoms with van der Waals surface area (Å²) >= 11 is 0. The van der Waals surface area contributed by atoms with Gasteiger partial charge in [-0.05, 0) is 56.0 Å². The summed E-state index contributed by atoms with van der Waals surface area (Å²) in [4.78, 5) is 25.1. The first-order valence-corrected chi connectivity index (χ1v) is 11.8. The number of rotatable bonds is 11. The van der Waals surface area contributed by atoms with Gasteiger partial charge in [0.15, 0.2) is 0 Å². The van der Waals surface area contributed by atoms with E-state index in [1.165, 1.54) is 0 Å². The molecule has 0 spiro atoms. The molecule has 0 unspecified atom stereocenters. The third kappa shape index (κ3) is 7.69. The Hall–Kier alpha value is -3.11. The van der Waals surface area contributed by atoms with Crippen LogP contribution >= 0.6 is 0 Å². The lowest BCUT2D eigenvalue weighted by molar-refractivity contribution is -0.137. The number of benzene rings is 2. The SMILES string of the molecule is CCC(O)(CC)[C@H](CNCc1ccc(C)cc1C)NC(=O)CNC(=O)c1cc(C(F)(F)F)ccc1N. The summed E-state index contributed by atoms with van der Waals surface area (Å²) in [6, 6.07) is 7.87. The number of aliphatic hydroxyl groups is 1. The number of aryl methyl sites for hydroxylation is 2. The van der Waals surface area contributed by atoms with Gasteiger partial charge in [0.05, 0.1) is 29.3 Å². The highest BCUT2D eigenvalue weighted by molar-refractivity contribution is 6.00. The smallest absolute Gasteiger partial charge is 0.398 e. The fourth-order valence-electron chi connectivity index (χ4n) is 3.94. The molecule has 1 atom stereocenters. The van der Waals surface area contributed by atoms with Crippen LogP contribution in [0.1, 0.15) is 59.3 Å². The van der Waals surface area contributed by atoms with Crippen LogP contribution in [-0.2, 0) is 17.5 Å². The Morgan fingerprint density at radius 2 is 1.72 bits per heavy atom. The van der Waals surface area contributed by atoms with Gasteiger partial charge in [0.2, 0.25) is 5.91 Å². The maximum Gasteiger partial charge on any atom is 0.416 e. The van der Waals surface area contributed by atoms with Gasteiger partial charge in [0.1, 0.15) is 0 Å². The van der Waals surface area contributed by atoms with E-state index in [1.54, 1.807) is 0 Å². The van der Waals surface area contributed by atoms with Gasteiger partial charge in [0.25, 0.3) is 5.91 Å². The quantitative estimate of drug-likeness (QED) is 0.298. The van der Waals surface area contributed by atoms with Crippen molar-refractivity contribution in [3.63, 3.8) is 0 Å². The standard InChI is InChI=1S/C26H35F3N4O3/c1-5-25(36,6-2)22(14-31-13-18-8-7-16(3)11-17(18)4)33-23(34)15-32-24(35)20-12-19(26(27,28)29)9-10-21(20)30/h7-12,22,31,36H,5-6,13-15,30H2,1-4H3,(H,32,35)(H,33,34)/t22-/m0/s1. The molecular formula is C26H35F3N4O3. The summed E-state index contributed by atoms with van der Waals surface area (Å²) in [6.07, 6.45) is -3.87. The number of alkyl halides is 3. The van der Waals surface area contributed by atoms with Gasteiger partial charge in [-0.2, -0.15) is 13.2 Å². The number of carbonyl (C=O) groups is 2. The van der Waals surface area contributed by atoms with Crippen LogP contribution in [0.3, 0.4) is 0 Å². The molecule has 2 rings (SSSR count). The Bertz CT molecular complexity index is 1070. The number of nitrogen functional groups attached to an aromatic ring is 1. The van der Waals surface area contributed by atoms with Crippen LogP contribution in [0.15, 0.2) is 36.4 Å². The first-order chi connectivity index (χ1) is 16.8. The maximum absolute atomic E-state index is 13.0. The summed E-state index contributed by atoms with van der Waals surface area (Å²) < 4.78 is 38.9. The van der Waals surface area contributed by atoms with Gasteiger partial charge in [-0.15, -0.1) is 0 Å². The molecule has 2 aromatic rings. The van der Waals surface area contributed by atoms with Crippen LogP contribution in [-0.4, -0.2) is 41.7 Å². The zero-order valence-electron chi connectivity index (χ0n) is 21.1. The van der Waals surface area contributed by atoms with E-state index in [2.05, 4.69) is 22.0 Å². The molecule has 0 aromatic heterocycles. The van der Waals surface area contributed by atoms with Crippen molar-refractivity contribution in [3.8, 4) is 0 Å². The Kier molecular flexibility index (Phi) is 9.89. The third-order valence-electron chi connectivity index (χ3n) is 6.41. The number of amides is 2. The second kappa shape index (κ2) is 12.2. The molecule has 0 aliphatic carbocycles. The Morgan fingerprint density at radius 1 is 1.06 bits per heavy atom. The number of nitrogens with two attached hydrogens (primary N) is 1. The minimum absolute atomic E-state index is 0.138. The zero-order chi connectivity index (χ0) is 27.1. The van der Waals surface area contributed by atoms with Gasteiger partial charge < -0.3 is 26.8 Å². The van der Waals surface area contributed by atoms with Crippen LogP contribution in [0.4, 0.5) is 18.9 Å². The number of halogens is 3. The molecule has 0 aliphatic heterocycles. The van der Waals surface area contributed by atoms with Crippen LogP contribution in [0.25, 0.3) is 0 Å². The van der Waals surface area contributed by atoms with E-state index in [0.717, 1.165) is 28.8 Å². The summed E-state index contributed by atoms with van der Waals surface area (Å²) in [7, 11) is 0. The molecule has 7 nitrogen and oxygen atoms in total. The Labute approximate surface area is 209 Å². The maximum atomic E-state index is 13.0. The second-order valence-electron chi connectivity index (χ2n) is 8.97. The average molecular weight is 509 g/mol. The predicted octanol–water partition coefficient (Wildman–Crippen LogP) is 3.46. The zero-order valence-corrected chi connectivity index (χ0v) is 21.1. The molecule has 0 fully saturated rings. The number of hydrogen-bond donors (Lipinski definition) is 5.